The van der Waals surface area contributed by atoms with Gasteiger partial charge in [-0.25, -0.2) is 0 Å². The minimum atomic E-state index is -1.22. The van der Waals surface area contributed by atoms with E-state index in [1.165, 1.54) is 0 Å². The molecule has 1 fully saturated rings. The number of aliphatic carboxylic acids is 3. The highest BCUT2D eigenvalue weighted by atomic mass is 16.4. The van der Waals surface area contributed by atoms with Crippen LogP contribution in [0.2, 0.25) is 0 Å². The Bertz CT molecular complexity index is 280. The van der Waals surface area contributed by atoms with Gasteiger partial charge in [-0.2, -0.15) is 0 Å². The maximum absolute atomic E-state index is 10.7. The molecule has 0 bridgehead atoms. The lowest BCUT2D eigenvalue weighted by Crippen LogP contribution is -2.37. The van der Waals surface area contributed by atoms with Gasteiger partial charge in [-0.1, -0.05) is 0 Å². The molecule has 4 N–H and O–H groups in total. The average Bonchev–Trinajstić information content (AvgIpc) is 2.46. The monoisotopic (exact) mass is 217 g/mol. The van der Waals surface area contributed by atoms with Crippen LogP contribution in [-0.4, -0.2) is 45.8 Å². The fraction of sp³-hybridized carbons (Fsp3) is 0.625. The van der Waals surface area contributed by atoms with Crippen molar-refractivity contribution < 1.29 is 29.7 Å². The van der Waals surface area contributed by atoms with E-state index in [-0.39, 0.29) is 6.54 Å². The van der Waals surface area contributed by atoms with Gasteiger partial charge >= 0.3 is 17.9 Å². The third-order valence-corrected chi connectivity index (χ3v) is 2.50. The zero-order valence-electron chi connectivity index (χ0n) is 7.71. The van der Waals surface area contributed by atoms with Crippen LogP contribution in [-0.2, 0) is 14.4 Å². The van der Waals surface area contributed by atoms with Crippen molar-refractivity contribution >= 4 is 17.9 Å². The molecule has 84 valence electrons. The predicted molar refractivity (Wildman–Crippen MR) is 46.3 cm³/mol. The van der Waals surface area contributed by atoms with Crippen LogP contribution in [0.5, 0.6) is 0 Å². The fourth-order valence-electron chi connectivity index (χ4n) is 1.79. The molecular formula is C8H11NO6. The minimum absolute atomic E-state index is 0.00968. The Hall–Kier alpha value is -1.63. The molecule has 0 radical (unpaired) electrons. The van der Waals surface area contributed by atoms with Crippen LogP contribution in [0, 0.1) is 11.8 Å². The second kappa shape index (κ2) is 4.26. The summed E-state index contributed by atoms with van der Waals surface area (Å²) in [7, 11) is 0. The van der Waals surface area contributed by atoms with Crippen LogP contribution in [0.3, 0.4) is 0 Å². The van der Waals surface area contributed by atoms with Crippen LogP contribution >= 0.6 is 0 Å². The lowest BCUT2D eigenvalue weighted by molar-refractivity contribution is -0.145. The summed E-state index contributed by atoms with van der Waals surface area (Å²) in [5.74, 6) is -5.44. The molecule has 1 aliphatic rings. The summed E-state index contributed by atoms with van der Waals surface area (Å²) in [4.78, 5) is 31.9. The average molecular weight is 217 g/mol. The van der Waals surface area contributed by atoms with E-state index in [1.807, 2.05) is 0 Å². The highest BCUT2D eigenvalue weighted by molar-refractivity contribution is 5.80. The van der Waals surface area contributed by atoms with E-state index in [2.05, 4.69) is 5.32 Å². The molecule has 0 saturated carbocycles. The van der Waals surface area contributed by atoms with E-state index in [0.717, 1.165) is 0 Å². The maximum atomic E-state index is 10.7. The molecule has 1 saturated heterocycles. The Morgan fingerprint density at radius 3 is 2.13 bits per heavy atom. The van der Waals surface area contributed by atoms with Crippen molar-refractivity contribution in [2.45, 2.75) is 12.5 Å². The van der Waals surface area contributed by atoms with E-state index in [4.69, 9.17) is 15.3 Å². The first-order valence-electron chi connectivity index (χ1n) is 4.34. The summed E-state index contributed by atoms with van der Waals surface area (Å²) in [5.41, 5.74) is 0. The summed E-state index contributed by atoms with van der Waals surface area (Å²) in [6, 6.07) is -1.10. The second-order valence-electron chi connectivity index (χ2n) is 3.43. The van der Waals surface area contributed by atoms with Gasteiger partial charge < -0.3 is 20.6 Å². The van der Waals surface area contributed by atoms with E-state index >= 15 is 0 Å². The Morgan fingerprint density at radius 2 is 1.73 bits per heavy atom. The van der Waals surface area contributed by atoms with Crippen molar-refractivity contribution in [2.24, 2.45) is 11.8 Å². The first-order chi connectivity index (χ1) is 6.93. The van der Waals surface area contributed by atoms with E-state index in [0.29, 0.717) is 0 Å². The standard InChI is InChI=1S/C8H11NO6/c10-5(11)1-3-4(7(12)13)2-9-6(3)8(14)15/h3-4,6,9H,1-2H2,(H,10,11)(H,12,13)(H,14,15)/t3-,4+,6-/m0/s1. The summed E-state index contributed by atoms with van der Waals surface area (Å²) in [5, 5.41) is 28.6. The molecule has 0 spiro atoms. The molecule has 0 unspecified atom stereocenters. The van der Waals surface area contributed by atoms with Gasteiger partial charge in [0.2, 0.25) is 0 Å². The third-order valence-electron chi connectivity index (χ3n) is 2.50. The zero-order chi connectivity index (χ0) is 11.6. The number of nitrogens with one attached hydrogen (secondary N) is 1. The predicted octanol–water partition coefficient (Wildman–Crippen LogP) is -1.17. The van der Waals surface area contributed by atoms with Crippen molar-refractivity contribution in [1.82, 2.24) is 5.32 Å². The molecule has 1 heterocycles. The third kappa shape index (κ3) is 2.44. The molecule has 0 aliphatic carbocycles. The van der Waals surface area contributed by atoms with Crippen molar-refractivity contribution in [3.8, 4) is 0 Å². The van der Waals surface area contributed by atoms with Crippen LogP contribution in [0.25, 0.3) is 0 Å². The fourth-order valence-corrected chi connectivity index (χ4v) is 1.79. The molecule has 0 aromatic heterocycles. The topological polar surface area (TPSA) is 124 Å². The van der Waals surface area contributed by atoms with E-state index in [9.17, 15) is 14.4 Å². The molecule has 1 aliphatic heterocycles. The minimum Gasteiger partial charge on any atom is -0.481 e. The largest absolute Gasteiger partial charge is 0.481 e. The molecule has 7 nitrogen and oxygen atoms in total. The van der Waals surface area contributed by atoms with Gasteiger partial charge in [-0.3, -0.25) is 14.4 Å². The number of rotatable bonds is 4. The van der Waals surface area contributed by atoms with Gasteiger partial charge in [-0.15, -0.1) is 0 Å². The number of carboxylic acids is 3. The lowest BCUT2D eigenvalue weighted by atomic mass is 9.88. The summed E-state index contributed by atoms with van der Waals surface area (Å²) in [6.45, 7) is -0.00968. The molecule has 1 rings (SSSR count). The Kier molecular flexibility index (Phi) is 3.25. The van der Waals surface area contributed by atoms with E-state index < -0.39 is 42.2 Å². The van der Waals surface area contributed by atoms with Gasteiger partial charge in [0.05, 0.1) is 12.3 Å². The molecule has 15 heavy (non-hydrogen) atoms. The van der Waals surface area contributed by atoms with Crippen molar-refractivity contribution in [2.75, 3.05) is 6.54 Å². The van der Waals surface area contributed by atoms with Crippen molar-refractivity contribution in [1.29, 1.82) is 0 Å². The Balaban J connectivity index is 2.82. The second-order valence-corrected chi connectivity index (χ2v) is 3.43. The maximum Gasteiger partial charge on any atom is 0.321 e. The van der Waals surface area contributed by atoms with Gasteiger partial charge in [-0.05, 0) is 0 Å². The first-order valence-corrected chi connectivity index (χ1v) is 4.34. The SMILES string of the molecule is O=C(O)C[C@@H]1[C@@H](C(=O)O)NC[C@H]1C(=O)O. The number of hydrogen-bond donors (Lipinski definition) is 4. The zero-order valence-corrected chi connectivity index (χ0v) is 7.71. The van der Waals surface area contributed by atoms with Gasteiger partial charge in [0.15, 0.2) is 0 Å². The summed E-state index contributed by atoms with van der Waals surface area (Å²) >= 11 is 0. The molecule has 3 atom stereocenters. The Labute approximate surface area is 84.7 Å². The summed E-state index contributed by atoms with van der Waals surface area (Å²) < 4.78 is 0. The first kappa shape index (κ1) is 11.4. The molecular weight excluding hydrogens is 206 g/mol. The Morgan fingerprint density at radius 1 is 1.13 bits per heavy atom. The number of carboxylic acid groups (broad SMARTS) is 3. The highest BCUT2D eigenvalue weighted by Gasteiger charge is 2.44. The van der Waals surface area contributed by atoms with Crippen molar-refractivity contribution in [3.05, 3.63) is 0 Å². The quantitative estimate of drug-likeness (QED) is 0.468. The van der Waals surface area contributed by atoms with Crippen LogP contribution in [0.1, 0.15) is 6.42 Å². The van der Waals surface area contributed by atoms with Gasteiger partial charge in [0.1, 0.15) is 6.04 Å². The summed E-state index contributed by atoms with van der Waals surface area (Å²) in [6.07, 6.45) is -0.457. The van der Waals surface area contributed by atoms with Gasteiger partial charge in [0.25, 0.3) is 0 Å². The normalized spacial score (nSPS) is 30.0. The highest BCUT2D eigenvalue weighted by Crippen LogP contribution is 2.26. The lowest BCUT2D eigenvalue weighted by Gasteiger charge is -2.16. The van der Waals surface area contributed by atoms with Crippen LogP contribution in [0.4, 0.5) is 0 Å². The van der Waals surface area contributed by atoms with E-state index in [1.54, 1.807) is 0 Å². The smallest absolute Gasteiger partial charge is 0.321 e. The van der Waals surface area contributed by atoms with Crippen molar-refractivity contribution in [3.63, 3.8) is 0 Å². The van der Waals surface area contributed by atoms with Crippen LogP contribution < -0.4 is 5.32 Å². The molecule has 0 aromatic carbocycles. The molecule has 0 aromatic rings. The number of carbonyl (C=O) groups is 3. The van der Waals surface area contributed by atoms with Crippen LogP contribution in [0.15, 0.2) is 0 Å². The molecule has 7 heteroatoms. The number of hydrogen-bond acceptors (Lipinski definition) is 4. The van der Waals surface area contributed by atoms with Gasteiger partial charge in [0, 0.05) is 12.5 Å². The molecule has 0 amide bonds.